The van der Waals surface area contributed by atoms with Crippen LogP contribution in [0.4, 0.5) is 32.6 Å². The third kappa shape index (κ3) is 4.60. The van der Waals surface area contributed by atoms with Gasteiger partial charge in [0, 0.05) is 31.4 Å². The molecule has 0 saturated heterocycles. The number of ether oxygens (including phenoxy) is 1. The molecule has 1 amide bonds. The summed E-state index contributed by atoms with van der Waals surface area (Å²) in [5.74, 6) is -3.06. The maximum Gasteiger partial charge on any atom is 0.422 e. The summed E-state index contributed by atoms with van der Waals surface area (Å²) < 4.78 is 68.2. The molecule has 0 aromatic carbocycles. The van der Waals surface area contributed by atoms with Crippen molar-refractivity contribution in [2.24, 2.45) is 7.05 Å². The van der Waals surface area contributed by atoms with Crippen molar-refractivity contribution in [2.45, 2.75) is 57.0 Å². The van der Waals surface area contributed by atoms with Crippen molar-refractivity contribution in [1.82, 2.24) is 9.78 Å². The molecule has 0 aliphatic heterocycles. The molecule has 1 N–H and O–H groups in total. The lowest BCUT2D eigenvalue weighted by atomic mass is 9.74. The molecule has 5 nitrogen and oxygen atoms in total. The van der Waals surface area contributed by atoms with Crippen LogP contribution in [0.25, 0.3) is 0 Å². The molecule has 1 aromatic rings. The monoisotopic (exact) mass is 369 g/mol. The van der Waals surface area contributed by atoms with E-state index < -0.39 is 36.1 Å². The Morgan fingerprint density at radius 3 is 2.32 bits per heavy atom. The number of amides is 1. The normalized spacial score (nSPS) is 18.0. The summed E-state index contributed by atoms with van der Waals surface area (Å²) in [6.07, 6.45) is -6.61. The van der Waals surface area contributed by atoms with Crippen molar-refractivity contribution in [3.8, 4) is 0 Å². The molecule has 0 unspecified atom stereocenters. The van der Waals surface area contributed by atoms with Gasteiger partial charge in [-0.3, -0.25) is 10.00 Å². The molecule has 25 heavy (non-hydrogen) atoms. The predicted molar refractivity (Wildman–Crippen MR) is 79.9 cm³/mol. The van der Waals surface area contributed by atoms with E-state index in [-0.39, 0.29) is 18.7 Å². The van der Waals surface area contributed by atoms with Crippen molar-refractivity contribution in [2.75, 3.05) is 11.9 Å². The minimum absolute atomic E-state index is 0.143. The number of halogens is 5. The van der Waals surface area contributed by atoms with Gasteiger partial charge >= 0.3 is 12.3 Å². The minimum Gasteiger partial charge on any atom is -0.440 e. The van der Waals surface area contributed by atoms with Gasteiger partial charge in [0.1, 0.15) is 5.82 Å². The summed E-state index contributed by atoms with van der Waals surface area (Å²) in [6.45, 7) is 3.69. The van der Waals surface area contributed by atoms with Crippen LogP contribution in [0.5, 0.6) is 0 Å². The third-order valence-electron chi connectivity index (χ3n) is 3.89. The number of hydrogen-bond acceptors (Lipinski definition) is 3. The number of anilines is 1. The second kappa shape index (κ2) is 6.14. The first-order valence-corrected chi connectivity index (χ1v) is 7.65. The Morgan fingerprint density at radius 1 is 1.32 bits per heavy atom. The lowest BCUT2D eigenvalue weighted by Gasteiger charge is -2.35. The molecule has 0 bridgehead atoms. The van der Waals surface area contributed by atoms with E-state index in [0.29, 0.717) is 11.3 Å². The number of nitrogens with zero attached hydrogens (tertiary/aromatic N) is 2. The summed E-state index contributed by atoms with van der Waals surface area (Å²) in [5, 5.41) is 6.47. The minimum atomic E-state index is -4.64. The Balaban J connectivity index is 2.26. The Bertz CT molecular complexity index is 653. The van der Waals surface area contributed by atoms with Crippen LogP contribution >= 0.6 is 0 Å². The SMILES string of the molecule is Cn1nc(C2CC(F)(F)C2)c(C(C)(C)C)c1NC(=O)OCC(F)(F)F. The molecule has 1 aromatic heterocycles. The molecule has 1 aliphatic carbocycles. The molecule has 1 fully saturated rings. The average Bonchev–Trinajstić information content (AvgIpc) is 2.69. The van der Waals surface area contributed by atoms with Gasteiger partial charge in [-0.25, -0.2) is 13.6 Å². The summed E-state index contributed by atoms with van der Waals surface area (Å²) in [4.78, 5) is 11.7. The van der Waals surface area contributed by atoms with E-state index in [9.17, 15) is 26.7 Å². The Labute approximate surface area is 141 Å². The van der Waals surface area contributed by atoms with Crippen LogP contribution in [-0.2, 0) is 17.2 Å². The smallest absolute Gasteiger partial charge is 0.422 e. The first-order chi connectivity index (χ1) is 11.2. The van der Waals surface area contributed by atoms with E-state index in [4.69, 9.17) is 0 Å². The van der Waals surface area contributed by atoms with Gasteiger partial charge in [0.2, 0.25) is 5.92 Å². The van der Waals surface area contributed by atoms with Crippen molar-refractivity contribution >= 4 is 11.9 Å². The van der Waals surface area contributed by atoms with Crippen molar-refractivity contribution in [3.05, 3.63) is 11.3 Å². The molecule has 1 heterocycles. The van der Waals surface area contributed by atoms with Crippen molar-refractivity contribution in [1.29, 1.82) is 0 Å². The maximum absolute atomic E-state index is 13.2. The number of nitrogens with one attached hydrogen (secondary N) is 1. The standard InChI is InChI=1S/C15H20F5N3O2/c1-13(2,3)9-10(8-5-14(16,17)6-8)22-23(4)11(9)21-12(24)25-7-15(18,19)20/h8H,5-7H2,1-4H3,(H,21,24). The van der Waals surface area contributed by atoms with Crippen LogP contribution in [-0.4, -0.2) is 34.6 Å². The molecule has 1 aliphatic rings. The van der Waals surface area contributed by atoms with Gasteiger partial charge in [-0.15, -0.1) is 0 Å². The van der Waals surface area contributed by atoms with Gasteiger partial charge in [-0.2, -0.15) is 18.3 Å². The highest BCUT2D eigenvalue weighted by Crippen LogP contribution is 2.51. The second-order valence-corrected chi connectivity index (χ2v) is 7.26. The van der Waals surface area contributed by atoms with E-state index in [2.05, 4.69) is 15.2 Å². The second-order valence-electron chi connectivity index (χ2n) is 7.26. The maximum atomic E-state index is 13.2. The highest BCUT2D eigenvalue weighted by molar-refractivity contribution is 5.85. The topological polar surface area (TPSA) is 56.2 Å². The quantitative estimate of drug-likeness (QED) is 0.807. The molecule has 10 heteroatoms. The van der Waals surface area contributed by atoms with E-state index in [1.165, 1.54) is 11.7 Å². The van der Waals surface area contributed by atoms with Crippen LogP contribution in [0.1, 0.15) is 50.8 Å². The number of carbonyl (C=O) groups excluding carboxylic acids is 1. The fourth-order valence-electron chi connectivity index (χ4n) is 2.85. The number of aryl methyl sites for hydroxylation is 1. The molecule has 0 spiro atoms. The van der Waals surface area contributed by atoms with Crippen LogP contribution in [0.15, 0.2) is 0 Å². The zero-order chi connectivity index (χ0) is 19.2. The number of carbonyl (C=O) groups is 1. The zero-order valence-corrected chi connectivity index (χ0v) is 14.3. The summed E-state index contributed by atoms with van der Waals surface area (Å²) in [7, 11) is 1.48. The number of hydrogen-bond donors (Lipinski definition) is 1. The molecule has 1 saturated carbocycles. The average molecular weight is 369 g/mol. The summed E-state index contributed by atoms with van der Waals surface area (Å²) >= 11 is 0. The predicted octanol–water partition coefficient (Wildman–Crippen LogP) is 4.34. The van der Waals surface area contributed by atoms with Crippen LogP contribution in [0.3, 0.4) is 0 Å². The van der Waals surface area contributed by atoms with Gasteiger partial charge in [0.25, 0.3) is 0 Å². The Kier molecular flexibility index (Phi) is 4.77. The van der Waals surface area contributed by atoms with E-state index in [1.54, 1.807) is 20.8 Å². The van der Waals surface area contributed by atoms with Gasteiger partial charge in [-0.05, 0) is 5.41 Å². The van der Waals surface area contributed by atoms with E-state index >= 15 is 0 Å². The molecular weight excluding hydrogens is 349 g/mol. The van der Waals surface area contributed by atoms with Gasteiger partial charge in [0.05, 0.1) is 5.69 Å². The first kappa shape index (κ1) is 19.5. The fraction of sp³-hybridized carbons (Fsp3) is 0.733. The van der Waals surface area contributed by atoms with E-state index in [0.717, 1.165) is 0 Å². The molecular formula is C15H20F5N3O2. The van der Waals surface area contributed by atoms with Crippen LogP contribution in [0, 0.1) is 0 Å². The molecule has 0 radical (unpaired) electrons. The lowest BCUT2D eigenvalue weighted by Crippen LogP contribution is -2.35. The largest absolute Gasteiger partial charge is 0.440 e. The highest BCUT2D eigenvalue weighted by Gasteiger charge is 2.49. The zero-order valence-electron chi connectivity index (χ0n) is 14.3. The van der Waals surface area contributed by atoms with Crippen LogP contribution in [0.2, 0.25) is 0 Å². The molecule has 0 atom stereocenters. The highest BCUT2D eigenvalue weighted by atomic mass is 19.4. The molecule has 2 rings (SSSR count). The lowest BCUT2D eigenvalue weighted by molar-refractivity contribution is -0.159. The summed E-state index contributed by atoms with van der Waals surface area (Å²) in [6, 6.07) is 0. The molecule has 142 valence electrons. The number of rotatable bonds is 3. The summed E-state index contributed by atoms with van der Waals surface area (Å²) in [5.41, 5.74) is 0.368. The van der Waals surface area contributed by atoms with Gasteiger partial charge in [-0.1, -0.05) is 20.8 Å². The van der Waals surface area contributed by atoms with E-state index in [1.807, 2.05) is 0 Å². The number of alkyl halides is 5. The van der Waals surface area contributed by atoms with Gasteiger partial charge < -0.3 is 4.74 Å². The fourth-order valence-corrected chi connectivity index (χ4v) is 2.85. The Morgan fingerprint density at radius 2 is 1.88 bits per heavy atom. The first-order valence-electron chi connectivity index (χ1n) is 7.65. The van der Waals surface area contributed by atoms with Crippen LogP contribution < -0.4 is 5.32 Å². The van der Waals surface area contributed by atoms with Crippen molar-refractivity contribution < 1.29 is 31.5 Å². The Hall–Kier alpha value is -1.87. The van der Waals surface area contributed by atoms with Gasteiger partial charge in [0.15, 0.2) is 6.61 Å². The third-order valence-corrected chi connectivity index (χ3v) is 3.89. The number of aromatic nitrogens is 2. The van der Waals surface area contributed by atoms with Crippen molar-refractivity contribution in [3.63, 3.8) is 0 Å².